The van der Waals surface area contributed by atoms with Gasteiger partial charge in [-0.2, -0.15) is 0 Å². The molecule has 0 spiro atoms. The molecule has 1 saturated heterocycles. The van der Waals surface area contributed by atoms with Crippen molar-refractivity contribution in [1.29, 1.82) is 0 Å². The number of likely N-dealkylation sites (tertiary alicyclic amines) is 1. The zero-order chi connectivity index (χ0) is 12.4. The first kappa shape index (κ1) is 12.2. The molecule has 1 unspecified atom stereocenters. The predicted octanol–water partition coefficient (Wildman–Crippen LogP) is 1.28. The number of anilines is 1. The normalized spacial score (nSPS) is 21.1. The van der Waals surface area contributed by atoms with E-state index in [1.54, 1.807) is 17.7 Å². The van der Waals surface area contributed by atoms with Crippen LogP contribution >= 0.6 is 0 Å². The van der Waals surface area contributed by atoms with E-state index in [-0.39, 0.29) is 5.56 Å². The highest BCUT2D eigenvalue weighted by atomic mass is 16.1. The summed E-state index contributed by atoms with van der Waals surface area (Å²) in [6.07, 6.45) is 3.03. The van der Waals surface area contributed by atoms with Gasteiger partial charge in [0.25, 0.3) is 0 Å². The van der Waals surface area contributed by atoms with Crippen molar-refractivity contribution in [2.75, 3.05) is 18.4 Å². The summed E-state index contributed by atoms with van der Waals surface area (Å²) in [5.41, 5.74) is 1.06. The van der Waals surface area contributed by atoms with Crippen LogP contribution in [0.3, 0.4) is 0 Å². The Kier molecular flexibility index (Phi) is 3.52. The molecule has 1 aliphatic rings. The zero-order valence-corrected chi connectivity index (χ0v) is 10.8. The lowest BCUT2D eigenvalue weighted by atomic mass is 10.2. The van der Waals surface area contributed by atoms with Crippen LogP contribution in [0.5, 0.6) is 0 Å². The van der Waals surface area contributed by atoms with Gasteiger partial charge in [0, 0.05) is 44.5 Å². The summed E-state index contributed by atoms with van der Waals surface area (Å²) >= 11 is 0. The van der Waals surface area contributed by atoms with E-state index < -0.39 is 0 Å². The van der Waals surface area contributed by atoms with Crippen LogP contribution in [0.2, 0.25) is 0 Å². The first-order valence-corrected chi connectivity index (χ1v) is 6.23. The molecule has 4 heteroatoms. The van der Waals surface area contributed by atoms with Crippen LogP contribution in [0.15, 0.2) is 23.1 Å². The molecule has 2 heterocycles. The van der Waals surface area contributed by atoms with Crippen LogP contribution in [-0.2, 0) is 7.05 Å². The van der Waals surface area contributed by atoms with E-state index in [0.29, 0.717) is 12.1 Å². The molecule has 1 N–H and O–H groups in total. The van der Waals surface area contributed by atoms with E-state index in [4.69, 9.17) is 0 Å². The molecule has 1 atom stereocenters. The third-order valence-corrected chi connectivity index (χ3v) is 3.41. The van der Waals surface area contributed by atoms with E-state index in [9.17, 15) is 4.79 Å². The van der Waals surface area contributed by atoms with Crippen molar-refractivity contribution in [2.45, 2.75) is 32.4 Å². The fourth-order valence-corrected chi connectivity index (χ4v) is 2.29. The number of aryl methyl sites for hydroxylation is 1. The number of rotatable bonds is 3. The molecule has 0 saturated carbocycles. The van der Waals surface area contributed by atoms with Gasteiger partial charge >= 0.3 is 0 Å². The summed E-state index contributed by atoms with van der Waals surface area (Å²) < 4.78 is 1.61. The van der Waals surface area contributed by atoms with E-state index in [2.05, 4.69) is 24.1 Å². The van der Waals surface area contributed by atoms with Gasteiger partial charge in [-0.1, -0.05) is 0 Å². The second-order valence-electron chi connectivity index (χ2n) is 5.09. The molecular weight excluding hydrogens is 214 g/mol. The van der Waals surface area contributed by atoms with Crippen molar-refractivity contribution >= 4 is 5.69 Å². The number of pyridine rings is 1. The van der Waals surface area contributed by atoms with Crippen LogP contribution in [0.25, 0.3) is 0 Å². The fraction of sp³-hybridized carbons (Fsp3) is 0.615. The van der Waals surface area contributed by atoms with Crippen LogP contribution in [-0.4, -0.2) is 34.6 Å². The van der Waals surface area contributed by atoms with Crippen LogP contribution in [0, 0.1) is 0 Å². The summed E-state index contributed by atoms with van der Waals surface area (Å²) in [6, 6.07) is 4.58. The van der Waals surface area contributed by atoms with E-state index in [1.807, 2.05) is 12.3 Å². The molecule has 1 fully saturated rings. The molecule has 0 radical (unpaired) electrons. The van der Waals surface area contributed by atoms with Gasteiger partial charge < -0.3 is 9.88 Å². The summed E-state index contributed by atoms with van der Waals surface area (Å²) in [4.78, 5) is 13.7. The molecule has 94 valence electrons. The summed E-state index contributed by atoms with van der Waals surface area (Å²) in [5, 5.41) is 3.49. The highest BCUT2D eigenvalue weighted by molar-refractivity contribution is 5.41. The Balaban J connectivity index is 1.98. The third kappa shape index (κ3) is 2.88. The van der Waals surface area contributed by atoms with Gasteiger partial charge in [-0.05, 0) is 26.3 Å². The quantitative estimate of drug-likeness (QED) is 0.857. The number of nitrogens with zero attached hydrogens (tertiary/aromatic N) is 2. The number of aromatic nitrogens is 1. The zero-order valence-electron chi connectivity index (χ0n) is 10.8. The molecule has 4 nitrogen and oxygen atoms in total. The van der Waals surface area contributed by atoms with Gasteiger partial charge in [-0.3, -0.25) is 9.69 Å². The minimum absolute atomic E-state index is 0.0331. The minimum atomic E-state index is 0.0331. The average Bonchev–Trinajstić information content (AvgIpc) is 2.72. The van der Waals surface area contributed by atoms with Gasteiger partial charge in [0.2, 0.25) is 5.56 Å². The fourth-order valence-electron chi connectivity index (χ4n) is 2.29. The van der Waals surface area contributed by atoms with Gasteiger partial charge in [0.05, 0.1) is 5.69 Å². The van der Waals surface area contributed by atoms with Gasteiger partial charge in [0.15, 0.2) is 0 Å². The SMILES string of the molecule is CC(C)N1CCC(Nc2ccc(=O)n(C)c2)C1. The first-order valence-electron chi connectivity index (χ1n) is 6.23. The molecule has 17 heavy (non-hydrogen) atoms. The summed E-state index contributed by atoms with van der Waals surface area (Å²) in [6.45, 7) is 6.70. The van der Waals surface area contributed by atoms with Crippen LogP contribution in [0.4, 0.5) is 5.69 Å². The van der Waals surface area contributed by atoms with Crippen molar-refractivity contribution in [1.82, 2.24) is 9.47 Å². The van der Waals surface area contributed by atoms with Crippen LogP contribution < -0.4 is 10.9 Å². The standard InChI is InChI=1S/C13H21N3O/c1-10(2)16-7-6-12(9-16)14-11-4-5-13(17)15(3)8-11/h4-5,8,10,12,14H,6-7,9H2,1-3H3. The van der Waals surface area contributed by atoms with E-state index in [1.165, 1.54) is 6.42 Å². The predicted molar refractivity (Wildman–Crippen MR) is 70.4 cm³/mol. The molecule has 1 aromatic rings. The molecule has 0 amide bonds. The van der Waals surface area contributed by atoms with Crippen molar-refractivity contribution in [2.24, 2.45) is 7.05 Å². The monoisotopic (exact) mass is 235 g/mol. The number of hydrogen-bond donors (Lipinski definition) is 1. The van der Waals surface area contributed by atoms with E-state index in [0.717, 1.165) is 18.8 Å². The lowest BCUT2D eigenvalue weighted by molar-refractivity contribution is 0.274. The highest BCUT2D eigenvalue weighted by Crippen LogP contribution is 2.16. The van der Waals surface area contributed by atoms with Crippen molar-refractivity contribution in [3.63, 3.8) is 0 Å². The number of nitrogens with one attached hydrogen (secondary N) is 1. The Bertz CT molecular complexity index is 439. The Morgan fingerprint density at radius 2 is 2.18 bits per heavy atom. The lowest BCUT2D eigenvalue weighted by Crippen LogP contribution is -2.31. The maximum absolute atomic E-state index is 11.3. The Hall–Kier alpha value is -1.29. The maximum Gasteiger partial charge on any atom is 0.250 e. The second kappa shape index (κ2) is 4.92. The highest BCUT2D eigenvalue weighted by Gasteiger charge is 2.23. The number of hydrogen-bond acceptors (Lipinski definition) is 3. The summed E-state index contributed by atoms with van der Waals surface area (Å²) in [7, 11) is 1.78. The van der Waals surface area contributed by atoms with E-state index >= 15 is 0 Å². The van der Waals surface area contributed by atoms with Gasteiger partial charge in [-0.25, -0.2) is 0 Å². The Morgan fingerprint density at radius 3 is 2.76 bits per heavy atom. The van der Waals surface area contributed by atoms with Gasteiger partial charge in [0.1, 0.15) is 0 Å². The molecule has 0 aliphatic carbocycles. The molecule has 2 rings (SSSR count). The molecule has 1 aliphatic heterocycles. The summed E-state index contributed by atoms with van der Waals surface area (Å²) in [5.74, 6) is 0. The Morgan fingerprint density at radius 1 is 1.41 bits per heavy atom. The second-order valence-corrected chi connectivity index (χ2v) is 5.09. The van der Waals surface area contributed by atoms with Crippen molar-refractivity contribution in [3.05, 3.63) is 28.7 Å². The van der Waals surface area contributed by atoms with Crippen molar-refractivity contribution in [3.8, 4) is 0 Å². The maximum atomic E-state index is 11.3. The van der Waals surface area contributed by atoms with Crippen molar-refractivity contribution < 1.29 is 0 Å². The minimum Gasteiger partial charge on any atom is -0.380 e. The average molecular weight is 235 g/mol. The lowest BCUT2D eigenvalue weighted by Gasteiger charge is -2.20. The third-order valence-electron chi connectivity index (χ3n) is 3.41. The molecule has 0 bridgehead atoms. The smallest absolute Gasteiger partial charge is 0.250 e. The molecule has 0 aromatic carbocycles. The van der Waals surface area contributed by atoms with Crippen LogP contribution in [0.1, 0.15) is 20.3 Å². The van der Waals surface area contributed by atoms with Gasteiger partial charge in [-0.15, -0.1) is 0 Å². The first-order chi connectivity index (χ1) is 8.06. The largest absolute Gasteiger partial charge is 0.380 e. The molecular formula is C13H21N3O. The topological polar surface area (TPSA) is 37.3 Å². The molecule has 1 aromatic heterocycles. The Labute approximate surface area is 102 Å².